The lowest BCUT2D eigenvalue weighted by atomic mass is 10.1. The molecule has 0 fully saturated rings. The highest BCUT2D eigenvalue weighted by atomic mass is 35.5. The molecule has 0 saturated heterocycles. The fraction of sp³-hybridized carbons (Fsp3) is 0.308. The van der Waals surface area contributed by atoms with Crippen LogP contribution in [0.4, 0.5) is 0 Å². The maximum absolute atomic E-state index is 10.3. The van der Waals surface area contributed by atoms with Crippen LogP contribution in [0.1, 0.15) is 23.9 Å². The Balaban J connectivity index is 2.20. The van der Waals surface area contributed by atoms with Crippen molar-refractivity contribution in [2.24, 2.45) is 5.73 Å². The van der Waals surface area contributed by atoms with Crippen molar-refractivity contribution < 1.29 is 5.11 Å². The molecule has 0 aliphatic heterocycles. The predicted molar refractivity (Wildman–Crippen MR) is 71.4 cm³/mol. The van der Waals surface area contributed by atoms with E-state index in [0.29, 0.717) is 17.4 Å². The lowest BCUT2D eigenvalue weighted by Crippen LogP contribution is -2.12. The monoisotopic (exact) mass is 265 g/mol. The van der Waals surface area contributed by atoms with E-state index in [1.165, 1.54) is 0 Å². The van der Waals surface area contributed by atoms with Gasteiger partial charge < -0.3 is 15.4 Å². The summed E-state index contributed by atoms with van der Waals surface area (Å²) in [5.74, 6) is 0.630. The number of benzene rings is 1. The fourth-order valence-electron chi connectivity index (χ4n) is 1.81. The molecule has 18 heavy (non-hydrogen) atoms. The molecule has 0 radical (unpaired) electrons. The third-order valence-electron chi connectivity index (χ3n) is 2.78. The molecule has 0 spiro atoms. The van der Waals surface area contributed by atoms with Crippen LogP contribution in [0.2, 0.25) is 5.02 Å². The van der Waals surface area contributed by atoms with Crippen LogP contribution in [0.15, 0.2) is 36.7 Å². The first-order valence-electron chi connectivity index (χ1n) is 5.87. The van der Waals surface area contributed by atoms with Gasteiger partial charge in [-0.1, -0.05) is 23.7 Å². The van der Waals surface area contributed by atoms with E-state index in [-0.39, 0.29) is 0 Å². The summed E-state index contributed by atoms with van der Waals surface area (Å²) in [4.78, 5) is 4.21. The van der Waals surface area contributed by atoms with Gasteiger partial charge in [0.15, 0.2) is 0 Å². The Kier molecular flexibility index (Phi) is 4.36. The molecular weight excluding hydrogens is 250 g/mol. The first-order valence-corrected chi connectivity index (χ1v) is 6.25. The number of hydrogen-bond acceptors (Lipinski definition) is 3. The molecule has 96 valence electrons. The Morgan fingerprint density at radius 1 is 1.33 bits per heavy atom. The van der Waals surface area contributed by atoms with E-state index in [0.717, 1.165) is 18.5 Å². The second-order valence-corrected chi connectivity index (χ2v) is 4.51. The molecule has 0 amide bonds. The lowest BCUT2D eigenvalue weighted by Gasteiger charge is -2.13. The van der Waals surface area contributed by atoms with Crippen LogP contribution in [-0.2, 0) is 6.54 Å². The number of aromatic nitrogens is 2. The Bertz CT molecular complexity index is 495. The van der Waals surface area contributed by atoms with Gasteiger partial charge in [0.25, 0.3) is 0 Å². The molecule has 2 rings (SSSR count). The van der Waals surface area contributed by atoms with Crippen molar-refractivity contribution in [2.45, 2.75) is 19.1 Å². The highest BCUT2D eigenvalue weighted by Gasteiger charge is 2.15. The van der Waals surface area contributed by atoms with Crippen LogP contribution in [0.5, 0.6) is 0 Å². The molecule has 1 unspecified atom stereocenters. The molecule has 0 bridgehead atoms. The number of aryl methyl sites for hydroxylation is 1. The van der Waals surface area contributed by atoms with Crippen molar-refractivity contribution in [3.05, 3.63) is 53.1 Å². The van der Waals surface area contributed by atoms with Gasteiger partial charge in [-0.15, -0.1) is 0 Å². The lowest BCUT2D eigenvalue weighted by molar-refractivity contribution is 0.204. The highest BCUT2D eigenvalue weighted by molar-refractivity contribution is 6.30. The van der Waals surface area contributed by atoms with Crippen LogP contribution in [0.3, 0.4) is 0 Å². The van der Waals surface area contributed by atoms with Gasteiger partial charge in [0.05, 0.1) is 0 Å². The molecule has 3 N–H and O–H groups in total. The highest BCUT2D eigenvalue weighted by Crippen LogP contribution is 2.22. The van der Waals surface area contributed by atoms with Crippen LogP contribution < -0.4 is 5.73 Å². The van der Waals surface area contributed by atoms with Crippen molar-refractivity contribution in [3.63, 3.8) is 0 Å². The predicted octanol–water partition coefficient (Wildman–Crippen LogP) is 1.97. The summed E-state index contributed by atoms with van der Waals surface area (Å²) in [5.41, 5.74) is 6.27. The third-order valence-corrected chi connectivity index (χ3v) is 3.03. The molecule has 5 heteroatoms. The summed E-state index contributed by atoms with van der Waals surface area (Å²) in [5, 5.41) is 10.9. The number of nitrogens with two attached hydrogens (primary N) is 1. The summed E-state index contributed by atoms with van der Waals surface area (Å²) in [6, 6.07) is 7.12. The SMILES string of the molecule is NCCCn1ccnc1C(O)c1ccc(Cl)cc1. The van der Waals surface area contributed by atoms with Gasteiger partial charge >= 0.3 is 0 Å². The van der Waals surface area contributed by atoms with Gasteiger partial charge in [-0.05, 0) is 30.7 Å². The molecule has 1 aromatic heterocycles. The average molecular weight is 266 g/mol. The summed E-state index contributed by atoms with van der Waals surface area (Å²) in [6.07, 6.45) is 3.65. The van der Waals surface area contributed by atoms with Gasteiger partial charge in [-0.25, -0.2) is 4.98 Å². The van der Waals surface area contributed by atoms with Crippen LogP contribution in [-0.4, -0.2) is 21.2 Å². The van der Waals surface area contributed by atoms with Gasteiger partial charge in [0.2, 0.25) is 0 Å². The van der Waals surface area contributed by atoms with Crippen molar-refractivity contribution in [1.29, 1.82) is 0 Å². The number of rotatable bonds is 5. The minimum Gasteiger partial charge on any atom is -0.380 e. The number of aliphatic hydroxyl groups excluding tert-OH is 1. The Morgan fingerprint density at radius 2 is 2.06 bits per heavy atom. The smallest absolute Gasteiger partial charge is 0.142 e. The maximum Gasteiger partial charge on any atom is 0.142 e. The zero-order valence-corrected chi connectivity index (χ0v) is 10.7. The number of hydrogen-bond donors (Lipinski definition) is 2. The second-order valence-electron chi connectivity index (χ2n) is 4.08. The molecule has 1 heterocycles. The topological polar surface area (TPSA) is 64.1 Å². The van der Waals surface area contributed by atoms with Gasteiger partial charge in [0.1, 0.15) is 11.9 Å². The van der Waals surface area contributed by atoms with E-state index < -0.39 is 6.10 Å². The van der Waals surface area contributed by atoms with Gasteiger partial charge in [0, 0.05) is 24.0 Å². The summed E-state index contributed by atoms with van der Waals surface area (Å²) in [6.45, 7) is 1.38. The van der Waals surface area contributed by atoms with Crippen molar-refractivity contribution in [2.75, 3.05) is 6.54 Å². The van der Waals surface area contributed by atoms with E-state index in [1.54, 1.807) is 30.5 Å². The van der Waals surface area contributed by atoms with E-state index in [4.69, 9.17) is 17.3 Å². The molecular formula is C13H16ClN3O. The fourth-order valence-corrected chi connectivity index (χ4v) is 1.94. The number of nitrogens with zero attached hydrogens (tertiary/aromatic N) is 2. The number of aliphatic hydroxyl groups is 1. The van der Waals surface area contributed by atoms with Crippen molar-refractivity contribution in [3.8, 4) is 0 Å². The molecule has 0 saturated carbocycles. The number of imidazole rings is 1. The first-order chi connectivity index (χ1) is 8.72. The van der Waals surface area contributed by atoms with E-state index in [1.807, 2.05) is 10.8 Å². The molecule has 0 aliphatic carbocycles. The number of halogens is 1. The van der Waals surface area contributed by atoms with E-state index in [9.17, 15) is 5.11 Å². The minimum absolute atomic E-state index is 0.620. The molecule has 4 nitrogen and oxygen atoms in total. The normalized spacial score (nSPS) is 12.6. The van der Waals surface area contributed by atoms with Gasteiger partial charge in [-0.3, -0.25) is 0 Å². The van der Waals surface area contributed by atoms with Crippen LogP contribution in [0, 0.1) is 0 Å². The second kappa shape index (κ2) is 6.00. The Labute approximate surface area is 111 Å². The largest absolute Gasteiger partial charge is 0.380 e. The van der Waals surface area contributed by atoms with E-state index in [2.05, 4.69) is 4.98 Å². The van der Waals surface area contributed by atoms with Crippen molar-refractivity contribution >= 4 is 11.6 Å². The molecule has 1 aromatic carbocycles. The van der Waals surface area contributed by atoms with Crippen molar-refractivity contribution in [1.82, 2.24) is 9.55 Å². The summed E-state index contributed by atoms with van der Waals surface area (Å²) >= 11 is 5.82. The van der Waals surface area contributed by atoms with Crippen LogP contribution in [0.25, 0.3) is 0 Å². The minimum atomic E-state index is -0.741. The molecule has 0 aliphatic rings. The average Bonchev–Trinajstić information content (AvgIpc) is 2.84. The quantitative estimate of drug-likeness (QED) is 0.869. The van der Waals surface area contributed by atoms with Crippen LogP contribution >= 0.6 is 11.6 Å². The Hall–Kier alpha value is -1.36. The molecule has 1 atom stereocenters. The maximum atomic E-state index is 10.3. The summed E-state index contributed by atoms with van der Waals surface area (Å²) < 4.78 is 1.92. The standard InChI is InChI=1S/C13H16ClN3O/c14-11-4-2-10(3-5-11)12(18)13-16-7-9-17(13)8-1-6-15/h2-5,7,9,12,18H,1,6,8,15H2. The zero-order chi connectivity index (χ0) is 13.0. The van der Waals surface area contributed by atoms with E-state index >= 15 is 0 Å². The van der Waals surface area contributed by atoms with Gasteiger partial charge in [-0.2, -0.15) is 0 Å². The summed E-state index contributed by atoms with van der Waals surface area (Å²) in [7, 11) is 0. The first kappa shape index (κ1) is 13.1. The molecule has 2 aromatic rings. The zero-order valence-electron chi connectivity index (χ0n) is 9.96. The third kappa shape index (κ3) is 2.90. The Morgan fingerprint density at radius 3 is 2.72 bits per heavy atom.